The van der Waals surface area contributed by atoms with Gasteiger partial charge < -0.3 is 4.90 Å². The van der Waals surface area contributed by atoms with Crippen LogP contribution in [0.25, 0.3) is 33.4 Å². The zero-order valence-electron chi connectivity index (χ0n) is 27.6. The normalized spacial score (nSPS) is 17.0. The number of para-hydroxylation sites is 1. The van der Waals surface area contributed by atoms with Gasteiger partial charge >= 0.3 is 0 Å². The molecule has 0 saturated carbocycles. The van der Waals surface area contributed by atoms with Crippen molar-refractivity contribution < 1.29 is 0 Å². The van der Waals surface area contributed by atoms with Crippen molar-refractivity contribution in [3.8, 4) is 33.4 Å². The van der Waals surface area contributed by atoms with E-state index >= 15 is 0 Å². The highest BCUT2D eigenvalue weighted by Gasteiger charge is 2.42. The highest BCUT2D eigenvalue weighted by atomic mass is 15.2. The van der Waals surface area contributed by atoms with Gasteiger partial charge in [0.1, 0.15) is 0 Å². The minimum Gasteiger partial charge on any atom is -0.310 e. The first-order valence-corrected chi connectivity index (χ1v) is 16.6. The second-order valence-corrected chi connectivity index (χ2v) is 15.0. The van der Waals surface area contributed by atoms with E-state index in [4.69, 9.17) is 0 Å². The number of anilines is 3. The van der Waals surface area contributed by atoms with Gasteiger partial charge in [-0.1, -0.05) is 133 Å². The fourth-order valence-corrected chi connectivity index (χ4v) is 8.88. The molecule has 0 N–H and O–H groups in total. The molecule has 46 heavy (non-hydrogen) atoms. The monoisotopic (exact) mass is 593 g/mol. The van der Waals surface area contributed by atoms with Gasteiger partial charge in [0.15, 0.2) is 0 Å². The summed E-state index contributed by atoms with van der Waals surface area (Å²) in [5.41, 5.74) is 19.9. The first-order chi connectivity index (χ1) is 22.1. The van der Waals surface area contributed by atoms with Crippen LogP contribution in [0, 0.1) is 0 Å². The summed E-state index contributed by atoms with van der Waals surface area (Å²) in [5, 5.41) is 0. The van der Waals surface area contributed by atoms with Crippen molar-refractivity contribution in [1.82, 2.24) is 0 Å². The van der Waals surface area contributed by atoms with Gasteiger partial charge in [-0.2, -0.15) is 0 Å². The number of benzene rings is 6. The summed E-state index contributed by atoms with van der Waals surface area (Å²) in [6.07, 6.45) is 0. The van der Waals surface area contributed by atoms with Crippen LogP contribution in [0.1, 0.15) is 74.9 Å². The maximum Gasteiger partial charge on any atom is 0.0506 e. The molecule has 0 aromatic heterocycles. The van der Waals surface area contributed by atoms with Crippen molar-refractivity contribution in [1.29, 1.82) is 0 Å². The first kappa shape index (κ1) is 27.4. The standard InChI is InChI=1S/C45H39N/c1-43(2)35-18-9-7-16-31(35)33-23-22-29(25-38(33)43)28-14-13-15-30(24-28)46-41-21-12-11-20-37(41)45(5,6)40-26-34-32-17-8-10-19-36(32)44(3,4)39(34)27-42(40)46/h7-27H,1-6H3. The maximum atomic E-state index is 2.52. The van der Waals surface area contributed by atoms with Gasteiger partial charge in [0.2, 0.25) is 0 Å². The fourth-order valence-electron chi connectivity index (χ4n) is 8.88. The van der Waals surface area contributed by atoms with Crippen LogP contribution in [0.5, 0.6) is 0 Å². The second kappa shape index (κ2) is 9.10. The molecule has 0 saturated heterocycles. The third kappa shape index (κ3) is 3.52. The molecule has 1 heterocycles. The first-order valence-electron chi connectivity index (χ1n) is 16.6. The van der Waals surface area contributed by atoms with Crippen LogP contribution in [0.15, 0.2) is 127 Å². The van der Waals surface area contributed by atoms with Gasteiger partial charge in [0.05, 0.1) is 11.4 Å². The van der Waals surface area contributed by atoms with Crippen molar-refractivity contribution in [2.75, 3.05) is 4.90 Å². The average Bonchev–Trinajstić information content (AvgIpc) is 3.44. The molecule has 0 unspecified atom stereocenters. The minimum atomic E-state index is -0.142. The molecule has 0 bridgehead atoms. The number of hydrogen-bond acceptors (Lipinski definition) is 1. The number of fused-ring (bicyclic) bond motifs is 8. The zero-order valence-corrected chi connectivity index (χ0v) is 27.6. The summed E-state index contributed by atoms with van der Waals surface area (Å²) in [6.45, 7) is 14.3. The molecule has 0 atom stereocenters. The molecule has 3 aliphatic rings. The predicted octanol–water partition coefficient (Wildman–Crippen LogP) is 12.1. The highest BCUT2D eigenvalue weighted by molar-refractivity contribution is 5.92. The van der Waals surface area contributed by atoms with E-state index in [9.17, 15) is 0 Å². The van der Waals surface area contributed by atoms with Crippen LogP contribution in [0.4, 0.5) is 17.1 Å². The molecule has 1 aliphatic heterocycles. The second-order valence-electron chi connectivity index (χ2n) is 15.0. The van der Waals surface area contributed by atoms with Crippen molar-refractivity contribution in [3.05, 3.63) is 161 Å². The van der Waals surface area contributed by atoms with Gasteiger partial charge in [0, 0.05) is 21.9 Å². The Morgan fingerprint density at radius 2 is 0.891 bits per heavy atom. The van der Waals surface area contributed by atoms with E-state index in [1.54, 1.807) is 0 Å². The lowest BCUT2D eigenvalue weighted by atomic mass is 9.71. The Balaban J connectivity index is 1.23. The molecule has 0 amide bonds. The van der Waals surface area contributed by atoms with E-state index in [-0.39, 0.29) is 16.2 Å². The number of hydrogen-bond donors (Lipinski definition) is 0. The molecule has 1 heteroatoms. The average molecular weight is 594 g/mol. The van der Waals surface area contributed by atoms with E-state index in [1.807, 2.05) is 0 Å². The van der Waals surface area contributed by atoms with Crippen molar-refractivity contribution in [3.63, 3.8) is 0 Å². The number of rotatable bonds is 2. The topological polar surface area (TPSA) is 3.24 Å². The van der Waals surface area contributed by atoms with E-state index in [0.29, 0.717) is 0 Å². The molecule has 0 radical (unpaired) electrons. The molecule has 9 rings (SSSR count). The van der Waals surface area contributed by atoms with Crippen LogP contribution in [0.3, 0.4) is 0 Å². The smallest absolute Gasteiger partial charge is 0.0506 e. The van der Waals surface area contributed by atoms with Crippen molar-refractivity contribution in [2.45, 2.75) is 57.8 Å². The van der Waals surface area contributed by atoms with Crippen molar-refractivity contribution >= 4 is 17.1 Å². The Morgan fingerprint density at radius 1 is 0.348 bits per heavy atom. The fraction of sp³-hybridized carbons (Fsp3) is 0.200. The maximum absolute atomic E-state index is 2.52. The van der Waals surface area contributed by atoms with E-state index in [1.165, 1.54) is 83.8 Å². The largest absolute Gasteiger partial charge is 0.310 e. The zero-order chi connectivity index (χ0) is 31.6. The SMILES string of the molecule is CC1(C)c2ccccc2-c2ccc(-c3cccc(N4c5ccccc5C(C)(C)c5cc6c(cc54)C(C)(C)c4ccccc4-6)c3)cc21. The van der Waals surface area contributed by atoms with Crippen LogP contribution in [-0.4, -0.2) is 0 Å². The molecule has 0 fully saturated rings. The van der Waals surface area contributed by atoms with E-state index in [0.717, 1.165) is 0 Å². The Morgan fingerprint density at radius 3 is 1.61 bits per heavy atom. The van der Waals surface area contributed by atoms with E-state index < -0.39 is 0 Å². The third-order valence-corrected chi connectivity index (χ3v) is 11.5. The molecule has 6 aromatic carbocycles. The van der Waals surface area contributed by atoms with Crippen LogP contribution in [-0.2, 0) is 16.2 Å². The quantitative estimate of drug-likeness (QED) is 0.193. The third-order valence-electron chi connectivity index (χ3n) is 11.5. The van der Waals surface area contributed by atoms with Crippen LogP contribution < -0.4 is 4.90 Å². The summed E-state index contributed by atoms with van der Waals surface area (Å²) < 4.78 is 0. The summed E-state index contributed by atoms with van der Waals surface area (Å²) in [6, 6.07) is 48.1. The van der Waals surface area contributed by atoms with Crippen LogP contribution in [0.2, 0.25) is 0 Å². The molecular formula is C45H39N. The Labute approximate surface area is 273 Å². The highest BCUT2D eigenvalue weighted by Crippen LogP contribution is 2.57. The Kier molecular flexibility index (Phi) is 5.43. The molecule has 224 valence electrons. The van der Waals surface area contributed by atoms with Crippen LogP contribution >= 0.6 is 0 Å². The lowest BCUT2D eigenvalue weighted by Crippen LogP contribution is -2.31. The summed E-state index contributed by atoms with van der Waals surface area (Å²) in [4.78, 5) is 2.52. The Bertz CT molecular complexity index is 2240. The minimum absolute atomic E-state index is 0.0271. The molecule has 0 spiro atoms. The van der Waals surface area contributed by atoms with Gasteiger partial charge in [-0.25, -0.2) is 0 Å². The van der Waals surface area contributed by atoms with Gasteiger partial charge in [0.25, 0.3) is 0 Å². The molecule has 6 aromatic rings. The Hall–Kier alpha value is -4.88. The lowest BCUT2D eigenvalue weighted by Gasteiger charge is -2.43. The van der Waals surface area contributed by atoms with Gasteiger partial charge in [-0.15, -0.1) is 0 Å². The van der Waals surface area contributed by atoms with Crippen molar-refractivity contribution in [2.24, 2.45) is 0 Å². The van der Waals surface area contributed by atoms with E-state index in [2.05, 4.69) is 174 Å². The summed E-state index contributed by atoms with van der Waals surface area (Å²) in [7, 11) is 0. The van der Waals surface area contributed by atoms with Gasteiger partial charge in [-0.05, 0) is 103 Å². The number of nitrogens with zero attached hydrogens (tertiary/aromatic N) is 1. The predicted molar refractivity (Wildman–Crippen MR) is 194 cm³/mol. The van der Waals surface area contributed by atoms with Gasteiger partial charge in [-0.3, -0.25) is 0 Å². The molecule has 1 nitrogen and oxygen atoms in total. The summed E-state index contributed by atoms with van der Waals surface area (Å²) in [5.74, 6) is 0. The summed E-state index contributed by atoms with van der Waals surface area (Å²) >= 11 is 0. The molecule has 2 aliphatic carbocycles. The lowest BCUT2D eigenvalue weighted by molar-refractivity contribution is 0.627. The molecular weight excluding hydrogens is 555 g/mol.